The number of rotatable bonds is 2. The molecule has 0 bridgehead atoms. The van der Waals surface area contributed by atoms with Gasteiger partial charge in [-0.1, -0.05) is 23.2 Å². The van der Waals surface area contributed by atoms with Crippen molar-refractivity contribution in [3.63, 3.8) is 0 Å². The van der Waals surface area contributed by atoms with Crippen LogP contribution >= 0.6 is 23.2 Å². The van der Waals surface area contributed by atoms with E-state index in [1.54, 1.807) is 0 Å². The Bertz CT molecular complexity index is 512. The third-order valence-corrected chi connectivity index (χ3v) is 3.20. The summed E-state index contributed by atoms with van der Waals surface area (Å²) in [5.41, 5.74) is 11.5. The lowest BCUT2D eigenvalue weighted by molar-refractivity contribution is -0.123. The first-order chi connectivity index (χ1) is 8.40. The molecule has 1 atom stereocenters. The van der Waals surface area contributed by atoms with Crippen LogP contribution in [0.15, 0.2) is 6.07 Å². The standard InChI is InChI=1S/C10H10Cl2N4O2/c11-6-2-5(13)8(9(12)15-6)16-3-4(10(14)18)1-7(16)17/h2,4H,1,3H2,(H2,13,15)(H2,14,18). The van der Waals surface area contributed by atoms with E-state index < -0.39 is 11.8 Å². The number of hydrogen-bond donors (Lipinski definition) is 2. The summed E-state index contributed by atoms with van der Waals surface area (Å²) in [5, 5.41) is 0.165. The van der Waals surface area contributed by atoms with Crippen molar-refractivity contribution in [2.24, 2.45) is 11.7 Å². The number of pyridine rings is 1. The van der Waals surface area contributed by atoms with Crippen LogP contribution in [0.25, 0.3) is 0 Å². The van der Waals surface area contributed by atoms with Crippen LogP contribution in [-0.2, 0) is 9.59 Å². The molecule has 1 aromatic heterocycles. The van der Waals surface area contributed by atoms with Gasteiger partial charge in [-0.3, -0.25) is 9.59 Å². The minimum atomic E-state index is -0.538. The highest BCUT2D eigenvalue weighted by Gasteiger charge is 2.36. The molecule has 1 aromatic rings. The fourth-order valence-corrected chi connectivity index (χ4v) is 2.42. The number of aromatic nitrogens is 1. The fraction of sp³-hybridized carbons (Fsp3) is 0.300. The largest absolute Gasteiger partial charge is 0.397 e. The lowest BCUT2D eigenvalue weighted by Gasteiger charge is -2.19. The number of hydrogen-bond acceptors (Lipinski definition) is 4. The van der Waals surface area contributed by atoms with Gasteiger partial charge in [-0.2, -0.15) is 0 Å². The van der Waals surface area contributed by atoms with E-state index in [9.17, 15) is 9.59 Å². The first kappa shape index (κ1) is 12.9. The van der Waals surface area contributed by atoms with Gasteiger partial charge in [0, 0.05) is 19.0 Å². The number of carbonyl (C=O) groups excluding carboxylic acids is 2. The Morgan fingerprint density at radius 3 is 2.67 bits per heavy atom. The topological polar surface area (TPSA) is 102 Å². The zero-order chi connectivity index (χ0) is 13.4. The molecule has 1 fully saturated rings. The van der Waals surface area contributed by atoms with Gasteiger partial charge in [-0.05, 0) is 0 Å². The number of halogens is 2. The maximum atomic E-state index is 11.8. The summed E-state index contributed by atoms with van der Waals surface area (Å²) in [6.07, 6.45) is 0.0493. The maximum absolute atomic E-state index is 11.8. The van der Waals surface area contributed by atoms with E-state index in [0.717, 1.165) is 0 Å². The van der Waals surface area contributed by atoms with Crippen molar-refractivity contribution in [2.45, 2.75) is 6.42 Å². The van der Waals surface area contributed by atoms with Gasteiger partial charge in [0.25, 0.3) is 0 Å². The average molecular weight is 289 g/mol. The molecule has 1 aliphatic heterocycles. The van der Waals surface area contributed by atoms with E-state index in [-0.39, 0.29) is 40.6 Å². The first-order valence-corrected chi connectivity index (χ1v) is 5.87. The van der Waals surface area contributed by atoms with E-state index >= 15 is 0 Å². The molecule has 1 aliphatic rings. The molecule has 1 saturated heterocycles. The molecule has 0 radical (unpaired) electrons. The Balaban J connectivity index is 2.39. The SMILES string of the molecule is NC(=O)C1CC(=O)N(c2c(N)cc(Cl)nc2Cl)C1. The van der Waals surface area contributed by atoms with Gasteiger partial charge in [-0.25, -0.2) is 4.98 Å². The van der Waals surface area contributed by atoms with Gasteiger partial charge < -0.3 is 16.4 Å². The predicted octanol–water partition coefficient (Wildman–Crippen LogP) is 0.809. The van der Waals surface area contributed by atoms with E-state index in [1.165, 1.54) is 11.0 Å². The summed E-state index contributed by atoms with van der Waals surface area (Å²) in [6.45, 7) is 0.154. The second-order valence-electron chi connectivity index (χ2n) is 3.98. The number of nitrogens with zero attached hydrogens (tertiary/aromatic N) is 2. The van der Waals surface area contributed by atoms with Gasteiger partial charge in [0.05, 0.1) is 11.6 Å². The summed E-state index contributed by atoms with van der Waals surface area (Å²) < 4.78 is 0. The van der Waals surface area contributed by atoms with Crippen LogP contribution in [0, 0.1) is 5.92 Å². The van der Waals surface area contributed by atoms with Crippen molar-refractivity contribution in [3.8, 4) is 0 Å². The Hall–Kier alpha value is -1.53. The van der Waals surface area contributed by atoms with Gasteiger partial charge in [-0.15, -0.1) is 0 Å². The number of amides is 2. The monoisotopic (exact) mass is 288 g/mol. The van der Waals surface area contributed by atoms with Crippen molar-refractivity contribution < 1.29 is 9.59 Å². The number of primary amides is 1. The number of carbonyl (C=O) groups is 2. The molecule has 4 N–H and O–H groups in total. The second-order valence-corrected chi connectivity index (χ2v) is 4.73. The third-order valence-electron chi connectivity index (χ3n) is 2.75. The molecule has 2 rings (SSSR count). The summed E-state index contributed by atoms with van der Waals surface area (Å²) in [4.78, 5) is 28.1. The Morgan fingerprint density at radius 2 is 2.17 bits per heavy atom. The van der Waals surface area contributed by atoms with E-state index in [1.807, 2.05) is 0 Å². The van der Waals surface area contributed by atoms with E-state index in [2.05, 4.69) is 4.98 Å². The zero-order valence-corrected chi connectivity index (χ0v) is 10.7. The lowest BCUT2D eigenvalue weighted by atomic mass is 10.1. The number of nitrogens with two attached hydrogens (primary N) is 2. The molecule has 6 nitrogen and oxygen atoms in total. The summed E-state index contributed by atoms with van der Waals surface area (Å²) >= 11 is 11.6. The average Bonchev–Trinajstić information content (AvgIpc) is 2.59. The molecule has 2 heterocycles. The van der Waals surface area contributed by atoms with Gasteiger partial charge in [0.15, 0.2) is 5.15 Å². The molecule has 0 aromatic carbocycles. The number of nitrogen functional groups attached to an aromatic ring is 1. The van der Waals surface area contributed by atoms with Crippen LogP contribution in [-0.4, -0.2) is 23.3 Å². The highest BCUT2D eigenvalue weighted by molar-refractivity contribution is 6.35. The summed E-state index contributed by atoms with van der Waals surface area (Å²) in [5.74, 6) is -1.33. The van der Waals surface area contributed by atoms with Crippen LogP contribution in [0.5, 0.6) is 0 Å². The molecule has 0 spiro atoms. The molecule has 2 amide bonds. The molecule has 0 saturated carbocycles. The quantitative estimate of drug-likeness (QED) is 0.786. The van der Waals surface area contributed by atoms with Crippen molar-refractivity contribution in [1.82, 2.24) is 4.98 Å². The summed E-state index contributed by atoms with van der Waals surface area (Å²) in [6, 6.07) is 1.40. The van der Waals surface area contributed by atoms with Crippen LogP contribution in [0.1, 0.15) is 6.42 Å². The molecule has 1 unspecified atom stereocenters. The highest BCUT2D eigenvalue weighted by atomic mass is 35.5. The van der Waals surface area contributed by atoms with Crippen LogP contribution < -0.4 is 16.4 Å². The highest BCUT2D eigenvalue weighted by Crippen LogP contribution is 2.36. The molecular formula is C10H10Cl2N4O2. The van der Waals surface area contributed by atoms with Crippen molar-refractivity contribution in [2.75, 3.05) is 17.2 Å². The van der Waals surface area contributed by atoms with Gasteiger partial charge in [0.1, 0.15) is 10.8 Å². The minimum Gasteiger partial charge on any atom is -0.397 e. The van der Waals surface area contributed by atoms with Crippen molar-refractivity contribution in [3.05, 3.63) is 16.4 Å². The van der Waals surface area contributed by atoms with Crippen LogP contribution in [0.3, 0.4) is 0 Å². The molecular weight excluding hydrogens is 279 g/mol. The smallest absolute Gasteiger partial charge is 0.228 e. The van der Waals surface area contributed by atoms with Gasteiger partial charge >= 0.3 is 0 Å². The molecule has 0 aliphatic carbocycles. The van der Waals surface area contributed by atoms with Crippen LogP contribution in [0.2, 0.25) is 10.3 Å². The molecule has 96 valence electrons. The second kappa shape index (κ2) is 4.62. The van der Waals surface area contributed by atoms with Crippen LogP contribution in [0.4, 0.5) is 11.4 Å². The molecule has 18 heavy (non-hydrogen) atoms. The first-order valence-electron chi connectivity index (χ1n) is 5.11. The predicted molar refractivity (Wildman–Crippen MR) is 68.3 cm³/mol. The lowest BCUT2D eigenvalue weighted by Crippen LogP contribution is -2.29. The minimum absolute atomic E-state index is 0.0264. The molecule has 8 heteroatoms. The Kier molecular flexibility index (Phi) is 3.32. The summed E-state index contributed by atoms with van der Waals surface area (Å²) in [7, 11) is 0. The fourth-order valence-electron chi connectivity index (χ4n) is 1.88. The normalized spacial score (nSPS) is 19.3. The van der Waals surface area contributed by atoms with E-state index in [0.29, 0.717) is 0 Å². The Morgan fingerprint density at radius 1 is 1.50 bits per heavy atom. The van der Waals surface area contributed by atoms with Crippen molar-refractivity contribution >= 4 is 46.4 Å². The third kappa shape index (κ3) is 2.21. The zero-order valence-electron chi connectivity index (χ0n) is 9.19. The Labute approximate surface area is 113 Å². The van der Waals surface area contributed by atoms with Crippen molar-refractivity contribution in [1.29, 1.82) is 0 Å². The maximum Gasteiger partial charge on any atom is 0.228 e. The van der Waals surface area contributed by atoms with Gasteiger partial charge in [0.2, 0.25) is 11.8 Å². The number of anilines is 2. The van der Waals surface area contributed by atoms with E-state index in [4.69, 9.17) is 34.7 Å².